The number of fused-ring (bicyclic) bond motifs is 5. The molecule has 0 aromatic rings. The van der Waals surface area contributed by atoms with E-state index < -0.39 is 6.10 Å². The lowest BCUT2D eigenvalue weighted by atomic mass is 9.47. The molecule has 3 saturated carbocycles. The van der Waals surface area contributed by atoms with Gasteiger partial charge in [0.05, 0.1) is 6.10 Å². The van der Waals surface area contributed by atoms with Crippen molar-refractivity contribution in [2.45, 2.75) is 52.6 Å². The number of aliphatic hydroxyl groups is 2. The number of thiocarbonyl (C=S) groups is 1. The van der Waals surface area contributed by atoms with Gasteiger partial charge in [-0.2, -0.15) is 0 Å². The maximum atomic E-state index is 11.8. The van der Waals surface area contributed by atoms with Crippen LogP contribution in [0.3, 0.4) is 0 Å². The Balaban J connectivity index is 1.76. The van der Waals surface area contributed by atoms with E-state index in [-0.39, 0.29) is 33.5 Å². The quantitative estimate of drug-likeness (QED) is 0.694. The van der Waals surface area contributed by atoms with Crippen molar-refractivity contribution in [2.75, 3.05) is 0 Å². The highest BCUT2D eigenvalue weighted by Crippen LogP contribution is 2.67. The zero-order chi connectivity index (χ0) is 18.1. The first kappa shape index (κ1) is 17.4. The normalized spacial score (nSPS) is 51.4. The monoisotopic (exact) mass is 360 g/mol. The second-order valence-electron chi connectivity index (χ2n) is 9.33. The van der Waals surface area contributed by atoms with Gasteiger partial charge in [0.1, 0.15) is 0 Å². The van der Waals surface area contributed by atoms with Crippen LogP contribution in [-0.4, -0.2) is 27.2 Å². The Morgan fingerprint density at radius 1 is 1.36 bits per heavy atom. The third-order valence-corrected chi connectivity index (χ3v) is 8.36. The van der Waals surface area contributed by atoms with Crippen molar-refractivity contribution >= 4 is 23.1 Å². The van der Waals surface area contributed by atoms with Gasteiger partial charge in [0, 0.05) is 17.3 Å². The molecular weight excluding hydrogens is 332 g/mol. The lowest BCUT2D eigenvalue weighted by Crippen LogP contribution is -2.56. The Morgan fingerprint density at radius 3 is 2.76 bits per heavy atom. The predicted molar refractivity (Wildman–Crippen MR) is 101 cm³/mol. The first-order chi connectivity index (χ1) is 11.7. The molecule has 2 N–H and O–H groups in total. The molecule has 4 aliphatic carbocycles. The topological polar surface area (TPSA) is 57.5 Å². The van der Waals surface area contributed by atoms with E-state index in [1.807, 2.05) is 6.08 Å². The highest BCUT2D eigenvalue weighted by molar-refractivity contribution is 7.80. The van der Waals surface area contributed by atoms with Crippen molar-refractivity contribution in [3.8, 4) is 0 Å². The second-order valence-corrected chi connectivity index (χ2v) is 9.75. The van der Waals surface area contributed by atoms with E-state index in [0.29, 0.717) is 24.2 Å². The summed E-state index contributed by atoms with van der Waals surface area (Å²) in [5.41, 5.74) is 0.833. The lowest BCUT2D eigenvalue weighted by molar-refractivity contribution is -0.115. The Hall–Kier alpha value is -1.00. The van der Waals surface area contributed by atoms with Crippen molar-refractivity contribution in [1.29, 1.82) is 0 Å². The first-order valence-electron chi connectivity index (χ1n) is 9.53. The number of allylic oxidation sites excluding steroid dienone is 4. The standard InChI is InChI=1S/C21H28O3S/c1-11-8-15-14-5-4-12-9-13(22)6-7-20(12,2)18(14)16(23)10-21(15,3)17(11)19(24)25/h6-7,9,11,14-18,23H,4-5,8,10H2,1-3H3,(H,24,25)/t11-,14+,15+,16?,17?,18-,20+,21+/m1/s1. The summed E-state index contributed by atoms with van der Waals surface area (Å²) in [7, 11) is 0. The molecule has 4 aliphatic rings. The van der Waals surface area contributed by atoms with Crippen LogP contribution in [0.1, 0.15) is 46.5 Å². The average molecular weight is 361 g/mol. The Kier molecular flexibility index (Phi) is 3.83. The Bertz CT molecular complexity index is 695. The van der Waals surface area contributed by atoms with Gasteiger partial charge in [-0.3, -0.25) is 4.79 Å². The summed E-state index contributed by atoms with van der Waals surface area (Å²) in [6.45, 7) is 6.60. The van der Waals surface area contributed by atoms with Crippen molar-refractivity contribution in [1.82, 2.24) is 0 Å². The summed E-state index contributed by atoms with van der Waals surface area (Å²) >= 11 is 5.20. The van der Waals surface area contributed by atoms with Crippen LogP contribution in [0.2, 0.25) is 0 Å². The Morgan fingerprint density at radius 2 is 2.08 bits per heavy atom. The number of rotatable bonds is 1. The van der Waals surface area contributed by atoms with E-state index in [9.17, 15) is 15.0 Å². The first-order valence-corrected chi connectivity index (χ1v) is 9.94. The zero-order valence-corrected chi connectivity index (χ0v) is 16.1. The van der Waals surface area contributed by atoms with E-state index in [0.717, 1.165) is 19.3 Å². The highest BCUT2D eigenvalue weighted by Gasteiger charge is 2.63. The molecule has 0 heterocycles. The third-order valence-electron chi connectivity index (χ3n) is 8.10. The second kappa shape index (κ2) is 5.50. The minimum atomic E-state index is -0.431. The molecule has 25 heavy (non-hydrogen) atoms. The van der Waals surface area contributed by atoms with Crippen LogP contribution in [0.4, 0.5) is 0 Å². The van der Waals surface area contributed by atoms with Crippen LogP contribution in [0.5, 0.6) is 0 Å². The number of aliphatic hydroxyl groups excluding tert-OH is 2. The minimum Gasteiger partial charge on any atom is -0.502 e. The van der Waals surface area contributed by atoms with Crippen LogP contribution in [0.25, 0.3) is 0 Å². The van der Waals surface area contributed by atoms with E-state index in [1.54, 1.807) is 12.2 Å². The maximum absolute atomic E-state index is 11.8. The summed E-state index contributed by atoms with van der Waals surface area (Å²) in [5.74, 6) is 1.45. The van der Waals surface area contributed by atoms with Gasteiger partial charge >= 0.3 is 0 Å². The molecule has 4 heteroatoms. The molecule has 136 valence electrons. The van der Waals surface area contributed by atoms with Crippen LogP contribution < -0.4 is 0 Å². The molecule has 0 aromatic carbocycles. The fourth-order valence-corrected chi connectivity index (χ4v) is 7.72. The number of ketones is 1. The molecule has 3 nitrogen and oxygen atoms in total. The van der Waals surface area contributed by atoms with E-state index in [2.05, 4.69) is 20.8 Å². The molecule has 4 rings (SSSR count). The molecular formula is C21H28O3S. The lowest BCUT2D eigenvalue weighted by Gasteiger charge is -2.58. The van der Waals surface area contributed by atoms with Crippen molar-refractivity contribution in [3.63, 3.8) is 0 Å². The molecule has 0 aliphatic heterocycles. The maximum Gasteiger partial charge on any atom is 0.178 e. The van der Waals surface area contributed by atoms with Gasteiger partial charge in [-0.25, -0.2) is 0 Å². The largest absolute Gasteiger partial charge is 0.502 e. The van der Waals surface area contributed by atoms with Gasteiger partial charge in [-0.1, -0.05) is 32.4 Å². The summed E-state index contributed by atoms with van der Waals surface area (Å²) in [5, 5.41) is 21.5. The van der Waals surface area contributed by atoms with Crippen LogP contribution in [-0.2, 0) is 4.79 Å². The highest BCUT2D eigenvalue weighted by atomic mass is 32.1. The number of carbonyl (C=O) groups excluding carboxylic acids is 1. The minimum absolute atomic E-state index is 0.00341. The fraction of sp³-hybridized carbons (Fsp3) is 0.714. The summed E-state index contributed by atoms with van der Waals surface area (Å²) in [6.07, 6.45) is 8.76. The number of hydrogen-bond acceptors (Lipinski definition) is 3. The summed E-state index contributed by atoms with van der Waals surface area (Å²) in [6, 6.07) is 0. The van der Waals surface area contributed by atoms with Crippen LogP contribution in [0, 0.1) is 40.4 Å². The molecule has 2 unspecified atom stereocenters. The SMILES string of the molecule is C[C@@H]1C[C@H]2[C@@H]3CCC4=CC(=O)C=C[C@]4(C)[C@H]3C(O)C[C@]2(C)C1C(O)=S. The molecule has 0 spiro atoms. The van der Waals surface area contributed by atoms with Gasteiger partial charge in [0.15, 0.2) is 10.8 Å². The average Bonchev–Trinajstić information content (AvgIpc) is 2.77. The number of carbonyl (C=O) groups is 1. The van der Waals surface area contributed by atoms with E-state index >= 15 is 0 Å². The van der Waals surface area contributed by atoms with Crippen LogP contribution in [0.15, 0.2) is 23.8 Å². The molecule has 0 radical (unpaired) electrons. The molecule has 3 fully saturated rings. The van der Waals surface area contributed by atoms with E-state index in [4.69, 9.17) is 12.2 Å². The smallest absolute Gasteiger partial charge is 0.178 e. The van der Waals surface area contributed by atoms with Gasteiger partial charge < -0.3 is 10.2 Å². The van der Waals surface area contributed by atoms with Gasteiger partial charge in [-0.15, -0.1) is 0 Å². The summed E-state index contributed by atoms with van der Waals surface area (Å²) in [4.78, 5) is 11.8. The van der Waals surface area contributed by atoms with E-state index in [1.165, 1.54) is 5.57 Å². The third kappa shape index (κ3) is 2.26. The molecule has 0 amide bonds. The van der Waals surface area contributed by atoms with Gasteiger partial charge in [0.25, 0.3) is 0 Å². The van der Waals surface area contributed by atoms with Crippen molar-refractivity contribution in [2.24, 2.45) is 40.4 Å². The molecule has 8 atom stereocenters. The van der Waals surface area contributed by atoms with Crippen molar-refractivity contribution < 1.29 is 15.0 Å². The zero-order valence-electron chi connectivity index (χ0n) is 15.2. The van der Waals surface area contributed by atoms with Gasteiger partial charge in [-0.05, 0) is 73.2 Å². The number of hydrogen-bond donors (Lipinski definition) is 2. The van der Waals surface area contributed by atoms with Crippen LogP contribution >= 0.6 is 12.2 Å². The fourth-order valence-electron chi connectivity index (χ4n) is 7.22. The molecule has 0 bridgehead atoms. The Labute approximate surface area is 155 Å². The summed E-state index contributed by atoms with van der Waals surface area (Å²) < 4.78 is 0. The van der Waals surface area contributed by atoms with Crippen molar-refractivity contribution in [3.05, 3.63) is 23.8 Å². The molecule has 0 saturated heterocycles. The molecule has 0 aromatic heterocycles. The van der Waals surface area contributed by atoms with Gasteiger partial charge in [0.2, 0.25) is 0 Å². The predicted octanol–water partition coefficient (Wildman–Crippen LogP) is 4.01.